The summed E-state index contributed by atoms with van der Waals surface area (Å²) in [5.74, 6) is 0.261. The average molecular weight is 404 g/mol. The molecule has 4 aromatic heterocycles. The zero-order valence-corrected chi connectivity index (χ0v) is 15.6. The number of para-hydroxylation sites is 1. The summed E-state index contributed by atoms with van der Waals surface area (Å²) in [5, 5.41) is 12.8. The van der Waals surface area contributed by atoms with Crippen molar-refractivity contribution in [2.45, 2.75) is 6.61 Å². The van der Waals surface area contributed by atoms with Crippen LogP contribution in [0.15, 0.2) is 58.7 Å². The van der Waals surface area contributed by atoms with Crippen LogP contribution in [0.3, 0.4) is 0 Å². The number of carbonyl (C=O) groups excluding carboxylic acids is 1. The Morgan fingerprint density at radius 1 is 1.17 bits per heavy atom. The molecule has 0 fully saturated rings. The molecule has 1 aromatic carbocycles. The SMILES string of the molecule is O=C(OCc1nc(-c2ncn[nH]2)no1)c1cc(-c2cccs2)nc2ccccc12. The molecule has 1 N–H and O–H groups in total. The minimum Gasteiger partial charge on any atom is -0.452 e. The maximum Gasteiger partial charge on any atom is 0.339 e. The minimum absolute atomic E-state index is 0.154. The second kappa shape index (κ2) is 7.24. The molecule has 0 radical (unpaired) electrons. The molecule has 0 aliphatic heterocycles. The molecule has 142 valence electrons. The van der Waals surface area contributed by atoms with E-state index in [0.717, 1.165) is 16.1 Å². The zero-order chi connectivity index (χ0) is 19.6. The third-order valence-electron chi connectivity index (χ3n) is 4.13. The van der Waals surface area contributed by atoms with E-state index >= 15 is 0 Å². The van der Waals surface area contributed by atoms with E-state index in [1.54, 1.807) is 17.4 Å². The van der Waals surface area contributed by atoms with Crippen LogP contribution in [-0.4, -0.2) is 36.3 Å². The smallest absolute Gasteiger partial charge is 0.339 e. The van der Waals surface area contributed by atoms with E-state index in [9.17, 15) is 4.79 Å². The van der Waals surface area contributed by atoms with Crippen LogP contribution in [0.1, 0.15) is 16.2 Å². The van der Waals surface area contributed by atoms with E-state index in [2.05, 4.69) is 30.3 Å². The molecule has 29 heavy (non-hydrogen) atoms. The van der Waals surface area contributed by atoms with E-state index in [0.29, 0.717) is 16.8 Å². The number of carbonyl (C=O) groups is 1. The monoisotopic (exact) mass is 404 g/mol. The van der Waals surface area contributed by atoms with Crippen molar-refractivity contribution < 1.29 is 14.1 Å². The molecule has 0 bridgehead atoms. The number of aromatic amines is 1. The lowest BCUT2D eigenvalue weighted by atomic mass is 10.1. The maximum atomic E-state index is 12.8. The predicted octanol–water partition coefficient (Wildman–Crippen LogP) is 3.49. The fourth-order valence-electron chi connectivity index (χ4n) is 2.82. The Morgan fingerprint density at radius 2 is 2.10 bits per heavy atom. The summed E-state index contributed by atoms with van der Waals surface area (Å²) in [6.45, 7) is -0.162. The number of thiophene rings is 1. The van der Waals surface area contributed by atoms with Crippen molar-refractivity contribution in [3.05, 3.63) is 65.6 Å². The lowest BCUT2D eigenvalue weighted by molar-refractivity contribution is 0.0432. The summed E-state index contributed by atoms with van der Waals surface area (Å²) < 4.78 is 10.5. The van der Waals surface area contributed by atoms with Crippen molar-refractivity contribution in [1.29, 1.82) is 0 Å². The highest BCUT2D eigenvalue weighted by Gasteiger charge is 2.18. The minimum atomic E-state index is -0.499. The molecule has 10 heteroatoms. The van der Waals surface area contributed by atoms with Gasteiger partial charge in [0, 0.05) is 5.39 Å². The highest BCUT2D eigenvalue weighted by molar-refractivity contribution is 7.13. The summed E-state index contributed by atoms with van der Waals surface area (Å²) in [7, 11) is 0. The van der Waals surface area contributed by atoms with E-state index < -0.39 is 5.97 Å². The van der Waals surface area contributed by atoms with Gasteiger partial charge in [-0.25, -0.2) is 14.8 Å². The van der Waals surface area contributed by atoms with Crippen molar-refractivity contribution >= 4 is 28.2 Å². The molecular weight excluding hydrogens is 392 g/mol. The quantitative estimate of drug-likeness (QED) is 0.442. The third kappa shape index (κ3) is 3.36. The molecule has 0 atom stereocenters. The molecule has 0 aliphatic rings. The Hall–Kier alpha value is -3.92. The Labute approximate surface area is 167 Å². The number of fused-ring (bicyclic) bond motifs is 1. The zero-order valence-electron chi connectivity index (χ0n) is 14.8. The van der Waals surface area contributed by atoms with Gasteiger partial charge in [-0.3, -0.25) is 5.10 Å². The number of nitrogens with zero attached hydrogens (tertiary/aromatic N) is 5. The number of benzene rings is 1. The number of aromatic nitrogens is 6. The Kier molecular flexibility index (Phi) is 4.30. The van der Waals surface area contributed by atoms with Gasteiger partial charge in [-0.15, -0.1) is 11.3 Å². The topological polar surface area (TPSA) is 120 Å². The summed E-state index contributed by atoms with van der Waals surface area (Å²) in [6.07, 6.45) is 1.34. The van der Waals surface area contributed by atoms with Gasteiger partial charge in [0.1, 0.15) is 6.33 Å². The first-order chi connectivity index (χ1) is 14.3. The first-order valence-corrected chi connectivity index (χ1v) is 9.45. The van der Waals surface area contributed by atoms with Gasteiger partial charge in [-0.05, 0) is 23.6 Å². The Morgan fingerprint density at radius 3 is 2.93 bits per heavy atom. The number of H-pyrrole nitrogens is 1. The van der Waals surface area contributed by atoms with Gasteiger partial charge >= 0.3 is 5.97 Å². The summed E-state index contributed by atoms with van der Waals surface area (Å²) in [6, 6.07) is 13.1. The first kappa shape index (κ1) is 17.2. The van der Waals surface area contributed by atoms with E-state index in [1.165, 1.54) is 6.33 Å². The van der Waals surface area contributed by atoms with Gasteiger partial charge in [0.15, 0.2) is 12.4 Å². The van der Waals surface area contributed by atoms with Gasteiger partial charge in [0.2, 0.25) is 5.82 Å². The number of esters is 1. The Balaban J connectivity index is 1.42. The van der Waals surface area contributed by atoms with Crippen LogP contribution in [-0.2, 0) is 11.3 Å². The maximum absolute atomic E-state index is 12.8. The first-order valence-electron chi connectivity index (χ1n) is 8.57. The molecular formula is C19H12N6O3S. The average Bonchev–Trinajstić information content (AvgIpc) is 3.53. The largest absolute Gasteiger partial charge is 0.452 e. The molecule has 0 unspecified atom stereocenters. The molecule has 0 saturated heterocycles. The number of pyridine rings is 1. The molecule has 4 heterocycles. The van der Waals surface area contributed by atoms with Crippen molar-refractivity contribution in [3.63, 3.8) is 0 Å². The van der Waals surface area contributed by atoms with Crippen LogP contribution in [0.4, 0.5) is 0 Å². The molecule has 0 saturated carbocycles. The summed E-state index contributed by atoms with van der Waals surface area (Å²) >= 11 is 1.55. The van der Waals surface area contributed by atoms with Gasteiger partial charge in [0.05, 0.1) is 21.7 Å². The van der Waals surface area contributed by atoms with Gasteiger partial charge < -0.3 is 9.26 Å². The van der Waals surface area contributed by atoms with Crippen LogP contribution >= 0.6 is 11.3 Å². The van der Waals surface area contributed by atoms with Gasteiger partial charge in [-0.2, -0.15) is 10.1 Å². The standard InChI is InChI=1S/C19H12N6O3S/c26-19(27-9-16-23-18(25-28-16)17-20-10-21-24-17)12-8-14(15-6-3-7-29-15)22-13-5-2-1-4-11(12)13/h1-8,10H,9H2,(H,20,21,24). The van der Waals surface area contributed by atoms with E-state index in [-0.39, 0.29) is 18.3 Å². The van der Waals surface area contributed by atoms with E-state index in [1.807, 2.05) is 41.8 Å². The molecule has 5 rings (SSSR count). The third-order valence-corrected chi connectivity index (χ3v) is 5.02. The molecule has 0 aliphatic carbocycles. The van der Waals surface area contributed by atoms with Gasteiger partial charge in [0.25, 0.3) is 5.89 Å². The van der Waals surface area contributed by atoms with Crippen LogP contribution in [0.25, 0.3) is 33.1 Å². The fourth-order valence-corrected chi connectivity index (χ4v) is 3.51. The van der Waals surface area contributed by atoms with Crippen LogP contribution in [0.5, 0.6) is 0 Å². The van der Waals surface area contributed by atoms with Crippen molar-refractivity contribution in [1.82, 2.24) is 30.3 Å². The number of hydrogen-bond donors (Lipinski definition) is 1. The second-order valence-corrected chi connectivity index (χ2v) is 6.92. The van der Waals surface area contributed by atoms with Crippen LogP contribution in [0, 0.1) is 0 Å². The predicted molar refractivity (Wildman–Crippen MR) is 104 cm³/mol. The molecule has 9 nitrogen and oxygen atoms in total. The highest BCUT2D eigenvalue weighted by atomic mass is 32.1. The normalized spacial score (nSPS) is 11.0. The Bertz CT molecular complexity index is 1280. The fraction of sp³-hybridized carbons (Fsp3) is 0.0526. The summed E-state index contributed by atoms with van der Waals surface area (Å²) in [5.41, 5.74) is 1.86. The number of nitrogens with one attached hydrogen (secondary N) is 1. The lowest BCUT2D eigenvalue weighted by Gasteiger charge is -2.08. The van der Waals surface area contributed by atoms with Gasteiger partial charge in [-0.1, -0.05) is 29.4 Å². The number of rotatable bonds is 5. The van der Waals surface area contributed by atoms with Crippen molar-refractivity contribution in [2.24, 2.45) is 0 Å². The number of ether oxygens (including phenoxy) is 1. The summed E-state index contributed by atoms with van der Waals surface area (Å²) in [4.78, 5) is 26.5. The molecule has 0 amide bonds. The lowest BCUT2D eigenvalue weighted by Crippen LogP contribution is -2.07. The molecule has 5 aromatic rings. The second-order valence-electron chi connectivity index (χ2n) is 5.97. The molecule has 0 spiro atoms. The van der Waals surface area contributed by atoms with Crippen molar-refractivity contribution in [3.8, 4) is 22.2 Å². The number of hydrogen-bond acceptors (Lipinski definition) is 9. The van der Waals surface area contributed by atoms with E-state index in [4.69, 9.17) is 9.26 Å². The van der Waals surface area contributed by atoms with Crippen LogP contribution < -0.4 is 0 Å². The van der Waals surface area contributed by atoms with Crippen LogP contribution in [0.2, 0.25) is 0 Å². The highest BCUT2D eigenvalue weighted by Crippen LogP contribution is 2.28. The van der Waals surface area contributed by atoms with Crippen molar-refractivity contribution in [2.75, 3.05) is 0 Å².